The summed E-state index contributed by atoms with van der Waals surface area (Å²) in [5.41, 5.74) is 1.36. The van der Waals surface area contributed by atoms with E-state index in [-0.39, 0.29) is 17.8 Å². The number of aromatic nitrogens is 1. The first-order chi connectivity index (χ1) is 12.6. The molecule has 1 fully saturated rings. The van der Waals surface area contributed by atoms with Crippen LogP contribution in [0.5, 0.6) is 0 Å². The van der Waals surface area contributed by atoms with Crippen molar-refractivity contribution in [2.45, 2.75) is 45.6 Å². The van der Waals surface area contributed by atoms with Crippen molar-refractivity contribution in [1.82, 2.24) is 4.57 Å². The minimum absolute atomic E-state index is 0.0170. The van der Waals surface area contributed by atoms with Crippen LogP contribution in [0, 0.1) is 18.3 Å². The highest BCUT2D eigenvalue weighted by molar-refractivity contribution is 7.16. The third kappa shape index (κ3) is 3.88. The highest BCUT2D eigenvalue weighted by Gasteiger charge is 2.21. The average molecular weight is 370 g/mol. The van der Waals surface area contributed by atoms with Crippen molar-refractivity contribution in [3.05, 3.63) is 28.6 Å². The van der Waals surface area contributed by atoms with Gasteiger partial charge in [-0.2, -0.15) is 4.99 Å². The number of carbonyl (C=O) groups is 2. The predicted octanol–water partition coefficient (Wildman–Crippen LogP) is 3.52. The number of nitrogens with zero attached hydrogens (tertiary/aromatic N) is 2. The summed E-state index contributed by atoms with van der Waals surface area (Å²) >= 11 is 1.38. The number of fused-ring (bicyclic) bond motifs is 1. The van der Waals surface area contributed by atoms with Gasteiger partial charge < -0.3 is 9.30 Å². The first kappa shape index (κ1) is 18.4. The molecule has 0 saturated heterocycles. The lowest BCUT2D eigenvalue weighted by molar-refractivity contribution is -0.122. The molecule has 136 valence electrons. The molecule has 0 unspecified atom stereocenters. The van der Waals surface area contributed by atoms with E-state index in [1.165, 1.54) is 17.8 Å². The molecule has 6 heteroatoms. The van der Waals surface area contributed by atoms with Crippen molar-refractivity contribution in [2.24, 2.45) is 10.9 Å². The number of carbonyl (C=O) groups excluding carboxylic acids is 2. The molecule has 0 bridgehead atoms. The summed E-state index contributed by atoms with van der Waals surface area (Å²) < 4.78 is 7.77. The van der Waals surface area contributed by atoms with Crippen LogP contribution in [0.1, 0.15) is 49.4 Å². The molecule has 1 aliphatic rings. The van der Waals surface area contributed by atoms with Crippen molar-refractivity contribution >= 4 is 33.4 Å². The fraction of sp³-hybridized carbons (Fsp3) is 0.450. The van der Waals surface area contributed by atoms with Crippen LogP contribution in [-0.4, -0.2) is 23.1 Å². The van der Waals surface area contributed by atoms with E-state index in [2.05, 4.69) is 10.9 Å². The maximum absolute atomic E-state index is 12.6. The number of thiazole rings is 1. The molecule has 1 saturated carbocycles. The molecule has 3 rings (SSSR count). The fourth-order valence-electron chi connectivity index (χ4n) is 3.28. The number of esters is 1. The van der Waals surface area contributed by atoms with Gasteiger partial charge in [0.2, 0.25) is 0 Å². The highest BCUT2D eigenvalue weighted by Crippen LogP contribution is 2.25. The van der Waals surface area contributed by atoms with Crippen molar-refractivity contribution in [3.8, 4) is 12.3 Å². The standard InChI is InChI=1S/C20H22N2O3S/c1-3-12-22-16-11-10-15(19(24)25-4-2)13-17(16)26-20(22)21-18(23)14-8-6-5-7-9-14/h1,10-11,13-14H,4-9,12H2,2H3. The van der Waals surface area contributed by atoms with Crippen LogP contribution >= 0.6 is 11.3 Å². The Hall–Kier alpha value is -2.39. The minimum Gasteiger partial charge on any atom is -0.462 e. The second kappa shape index (κ2) is 8.33. The molecular weight excluding hydrogens is 348 g/mol. The van der Waals surface area contributed by atoms with Gasteiger partial charge in [0.15, 0.2) is 4.80 Å². The maximum atomic E-state index is 12.6. The topological polar surface area (TPSA) is 60.7 Å². The zero-order valence-corrected chi connectivity index (χ0v) is 15.7. The van der Waals surface area contributed by atoms with Crippen molar-refractivity contribution < 1.29 is 14.3 Å². The number of hydrogen-bond acceptors (Lipinski definition) is 4. The lowest BCUT2D eigenvalue weighted by Gasteiger charge is -2.17. The number of amides is 1. The third-order valence-electron chi connectivity index (χ3n) is 4.60. The van der Waals surface area contributed by atoms with Gasteiger partial charge in [0.25, 0.3) is 5.91 Å². The molecule has 0 radical (unpaired) electrons. The minimum atomic E-state index is -0.358. The average Bonchev–Trinajstić information content (AvgIpc) is 2.99. The quantitative estimate of drug-likeness (QED) is 0.611. The molecule has 1 heterocycles. The Morgan fingerprint density at radius 1 is 1.35 bits per heavy atom. The van der Waals surface area contributed by atoms with E-state index in [0.29, 0.717) is 23.5 Å². The summed E-state index contributed by atoms with van der Waals surface area (Å²) in [6.45, 7) is 2.43. The molecule has 0 N–H and O–H groups in total. The third-order valence-corrected chi connectivity index (χ3v) is 5.64. The smallest absolute Gasteiger partial charge is 0.338 e. The van der Waals surface area contributed by atoms with Crippen LogP contribution in [0.4, 0.5) is 0 Å². The molecule has 1 aromatic carbocycles. The number of terminal acetylenes is 1. The monoisotopic (exact) mass is 370 g/mol. The summed E-state index contributed by atoms with van der Waals surface area (Å²) in [4.78, 5) is 29.5. The summed E-state index contributed by atoms with van der Waals surface area (Å²) in [5, 5.41) is 0. The largest absolute Gasteiger partial charge is 0.462 e. The summed E-state index contributed by atoms with van der Waals surface area (Å²) in [5.74, 6) is 2.22. The van der Waals surface area contributed by atoms with Crippen LogP contribution in [0.25, 0.3) is 10.2 Å². The van der Waals surface area contributed by atoms with Crippen molar-refractivity contribution in [3.63, 3.8) is 0 Å². The van der Waals surface area contributed by atoms with E-state index in [1.54, 1.807) is 19.1 Å². The van der Waals surface area contributed by atoms with E-state index in [0.717, 1.165) is 35.9 Å². The molecular formula is C20H22N2O3S. The van der Waals surface area contributed by atoms with Gasteiger partial charge in [-0.15, -0.1) is 6.42 Å². The van der Waals surface area contributed by atoms with E-state index < -0.39 is 0 Å². The van der Waals surface area contributed by atoms with Gasteiger partial charge in [-0.05, 0) is 38.0 Å². The zero-order valence-electron chi connectivity index (χ0n) is 14.9. The van der Waals surface area contributed by atoms with Crippen molar-refractivity contribution in [2.75, 3.05) is 6.61 Å². The summed E-state index contributed by atoms with van der Waals surface area (Å²) in [6.07, 6.45) is 10.7. The molecule has 0 spiro atoms. The van der Waals surface area contributed by atoms with Gasteiger partial charge in [-0.3, -0.25) is 4.79 Å². The van der Waals surface area contributed by atoms with E-state index in [4.69, 9.17) is 11.2 Å². The Morgan fingerprint density at radius 3 is 2.81 bits per heavy atom. The Balaban J connectivity index is 2.02. The fourth-order valence-corrected chi connectivity index (χ4v) is 4.35. The lowest BCUT2D eigenvalue weighted by atomic mass is 9.89. The Bertz CT molecular complexity index is 927. The Kier molecular flexibility index (Phi) is 5.89. The molecule has 1 amide bonds. The van der Waals surface area contributed by atoms with Crippen LogP contribution in [-0.2, 0) is 16.1 Å². The molecule has 0 atom stereocenters. The second-order valence-electron chi connectivity index (χ2n) is 6.36. The van der Waals surface area contributed by atoms with Crippen molar-refractivity contribution in [1.29, 1.82) is 0 Å². The zero-order chi connectivity index (χ0) is 18.5. The first-order valence-corrected chi connectivity index (χ1v) is 9.78. The highest BCUT2D eigenvalue weighted by atomic mass is 32.1. The van der Waals surface area contributed by atoms with Crippen LogP contribution < -0.4 is 4.80 Å². The number of ether oxygens (including phenoxy) is 1. The Labute approximate surface area is 156 Å². The number of hydrogen-bond donors (Lipinski definition) is 0. The van der Waals surface area contributed by atoms with Gasteiger partial charge in [0.1, 0.15) is 0 Å². The van der Waals surface area contributed by atoms with E-state index >= 15 is 0 Å². The van der Waals surface area contributed by atoms with Crippen LogP contribution in [0.15, 0.2) is 23.2 Å². The van der Waals surface area contributed by atoms with Gasteiger partial charge in [0, 0.05) is 5.92 Å². The first-order valence-electron chi connectivity index (χ1n) is 8.96. The summed E-state index contributed by atoms with van der Waals surface area (Å²) in [6, 6.07) is 5.32. The predicted molar refractivity (Wildman–Crippen MR) is 102 cm³/mol. The normalized spacial score (nSPS) is 15.8. The van der Waals surface area contributed by atoms with Gasteiger partial charge in [-0.25, -0.2) is 4.79 Å². The van der Waals surface area contributed by atoms with E-state index in [9.17, 15) is 9.59 Å². The molecule has 5 nitrogen and oxygen atoms in total. The SMILES string of the molecule is C#CCn1c(=NC(=O)C2CCCCC2)sc2cc(C(=O)OCC)ccc21. The van der Waals surface area contributed by atoms with Gasteiger partial charge >= 0.3 is 5.97 Å². The second-order valence-corrected chi connectivity index (χ2v) is 7.37. The van der Waals surface area contributed by atoms with Gasteiger partial charge in [-0.1, -0.05) is 36.5 Å². The van der Waals surface area contributed by atoms with Crippen LogP contribution in [0.3, 0.4) is 0 Å². The van der Waals surface area contributed by atoms with E-state index in [1.807, 2.05) is 10.6 Å². The molecule has 26 heavy (non-hydrogen) atoms. The number of rotatable bonds is 4. The molecule has 2 aromatic rings. The maximum Gasteiger partial charge on any atom is 0.338 e. The lowest BCUT2D eigenvalue weighted by Crippen LogP contribution is -2.21. The Morgan fingerprint density at radius 2 is 2.12 bits per heavy atom. The molecule has 1 aromatic heterocycles. The van der Waals surface area contributed by atoms with Crippen LogP contribution in [0.2, 0.25) is 0 Å². The van der Waals surface area contributed by atoms with Gasteiger partial charge in [0.05, 0.1) is 28.9 Å². The molecule has 0 aliphatic heterocycles. The number of benzene rings is 1. The molecule has 1 aliphatic carbocycles. The summed E-state index contributed by atoms with van der Waals surface area (Å²) in [7, 11) is 0.